The van der Waals surface area contributed by atoms with Gasteiger partial charge in [0.2, 0.25) is 0 Å². The van der Waals surface area contributed by atoms with Crippen molar-refractivity contribution in [1.82, 2.24) is 15.2 Å². The molecule has 0 saturated carbocycles. The summed E-state index contributed by atoms with van der Waals surface area (Å²) in [5, 5.41) is 4.28. The molecular weight excluding hydrogens is 339 g/mol. The number of aryl methyl sites for hydroxylation is 1. The highest BCUT2D eigenvalue weighted by Crippen LogP contribution is 2.31. The van der Waals surface area contributed by atoms with Crippen molar-refractivity contribution in [2.45, 2.75) is 25.9 Å². The van der Waals surface area contributed by atoms with E-state index in [1.54, 1.807) is 30.1 Å². The van der Waals surface area contributed by atoms with E-state index in [4.69, 9.17) is 10.6 Å². The molecule has 5 nitrogen and oxygen atoms in total. The maximum Gasteiger partial charge on any atom is 0.161 e. The van der Waals surface area contributed by atoms with Crippen LogP contribution in [0.1, 0.15) is 30.6 Å². The third kappa shape index (κ3) is 3.25. The molecule has 7 heteroatoms. The molecule has 21 heavy (non-hydrogen) atoms. The Kier molecular flexibility index (Phi) is 5.33. The van der Waals surface area contributed by atoms with Crippen LogP contribution < -0.4 is 16.0 Å². The van der Waals surface area contributed by atoms with Crippen molar-refractivity contribution in [1.29, 1.82) is 0 Å². The molecule has 0 saturated heterocycles. The number of methoxy groups -OCH3 is 1. The van der Waals surface area contributed by atoms with E-state index >= 15 is 0 Å². The number of ether oxygens (including phenoxy) is 1. The van der Waals surface area contributed by atoms with Gasteiger partial charge in [-0.15, -0.1) is 0 Å². The number of halogens is 2. The molecule has 3 N–H and O–H groups in total. The summed E-state index contributed by atoms with van der Waals surface area (Å²) in [6.45, 7) is 2.75. The van der Waals surface area contributed by atoms with Gasteiger partial charge < -0.3 is 4.74 Å². The first kappa shape index (κ1) is 15.9. The van der Waals surface area contributed by atoms with Crippen molar-refractivity contribution in [3.05, 3.63) is 45.9 Å². The molecule has 0 spiro atoms. The van der Waals surface area contributed by atoms with E-state index in [2.05, 4.69) is 26.5 Å². The molecule has 1 heterocycles. The molecule has 1 aromatic heterocycles. The van der Waals surface area contributed by atoms with Crippen LogP contribution in [0.15, 0.2) is 28.9 Å². The highest BCUT2D eigenvalue weighted by molar-refractivity contribution is 9.10. The Bertz CT molecular complexity index is 617. The van der Waals surface area contributed by atoms with E-state index in [1.165, 1.54) is 6.07 Å². The molecule has 0 aliphatic heterocycles. The van der Waals surface area contributed by atoms with Crippen molar-refractivity contribution in [3.8, 4) is 5.75 Å². The maximum atomic E-state index is 14.2. The minimum atomic E-state index is -0.540. The third-order valence-electron chi connectivity index (χ3n) is 3.21. The molecule has 1 unspecified atom stereocenters. The summed E-state index contributed by atoms with van der Waals surface area (Å²) < 4.78 is 22.0. The second kappa shape index (κ2) is 7.02. The van der Waals surface area contributed by atoms with Gasteiger partial charge in [0.25, 0.3) is 0 Å². The SMILES string of the molecule is CCCn1ncc(OC)c1C(NN)c1ccc(Br)cc1F. The Morgan fingerprint density at radius 2 is 2.29 bits per heavy atom. The van der Waals surface area contributed by atoms with Crippen LogP contribution in [0.5, 0.6) is 5.75 Å². The van der Waals surface area contributed by atoms with Crippen molar-refractivity contribution >= 4 is 15.9 Å². The van der Waals surface area contributed by atoms with E-state index in [-0.39, 0.29) is 5.82 Å². The number of nitrogens with zero attached hydrogens (tertiary/aromatic N) is 2. The summed E-state index contributed by atoms with van der Waals surface area (Å²) in [6.07, 6.45) is 2.52. The lowest BCUT2D eigenvalue weighted by Crippen LogP contribution is -2.31. The Hall–Kier alpha value is -1.44. The summed E-state index contributed by atoms with van der Waals surface area (Å²) in [7, 11) is 1.56. The minimum Gasteiger partial charge on any atom is -0.493 e. The largest absolute Gasteiger partial charge is 0.493 e. The first-order chi connectivity index (χ1) is 10.1. The molecule has 0 amide bonds. The molecule has 0 bridgehead atoms. The summed E-state index contributed by atoms with van der Waals surface area (Å²) in [4.78, 5) is 0. The fourth-order valence-electron chi connectivity index (χ4n) is 2.27. The zero-order chi connectivity index (χ0) is 15.4. The highest BCUT2D eigenvalue weighted by atomic mass is 79.9. The lowest BCUT2D eigenvalue weighted by Gasteiger charge is -2.20. The van der Waals surface area contributed by atoms with Gasteiger partial charge in [-0.2, -0.15) is 5.10 Å². The standard InChI is InChI=1S/C14H18BrFN4O/c1-3-6-20-14(12(21-2)8-18-20)13(19-17)10-5-4-9(15)7-11(10)16/h4-5,7-8,13,19H,3,6,17H2,1-2H3. The van der Waals surface area contributed by atoms with Crippen LogP contribution in [0.2, 0.25) is 0 Å². The summed E-state index contributed by atoms with van der Waals surface area (Å²) in [6, 6.07) is 4.33. The van der Waals surface area contributed by atoms with Crippen LogP contribution in [-0.2, 0) is 6.54 Å². The molecule has 1 atom stereocenters. The summed E-state index contributed by atoms with van der Waals surface area (Å²) in [5.41, 5.74) is 3.81. The number of nitrogens with one attached hydrogen (secondary N) is 1. The molecule has 0 fully saturated rings. The fraction of sp³-hybridized carbons (Fsp3) is 0.357. The molecule has 2 rings (SSSR count). The average Bonchev–Trinajstić information content (AvgIpc) is 2.85. The van der Waals surface area contributed by atoms with Crippen LogP contribution in [0.4, 0.5) is 4.39 Å². The van der Waals surface area contributed by atoms with E-state index in [9.17, 15) is 4.39 Å². The maximum absolute atomic E-state index is 14.2. The van der Waals surface area contributed by atoms with Crippen LogP contribution in [0.25, 0.3) is 0 Å². The van der Waals surface area contributed by atoms with Gasteiger partial charge in [0.15, 0.2) is 5.75 Å². The zero-order valence-electron chi connectivity index (χ0n) is 11.9. The Balaban J connectivity index is 2.52. The minimum absolute atomic E-state index is 0.348. The predicted molar refractivity (Wildman–Crippen MR) is 82.3 cm³/mol. The lowest BCUT2D eigenvalue weighted by molar-refractivity contribution is 0.396. The first-order valence-electron chi connectivity index (χ1n) is 6.63. The molecular formula is C14H18BrFN4O. The highest BCUT2D eigenvalue weighted by Gasteiger charge is 2.25. The quantitative estimate of drug-likeness (QED) is 0.616. The molecule has 114 valence electrons. The molecule has 0 aliphatic carbocycles. The average molecular weight is 357 g/mol. The number of aromatic nitrogens is 2. The number of rotatable bonds is 6. The van der Waals surface area contributed by atoms with Gasteiger partial charge in [-0.3, -0.25) is 10.5 Å². The van der Waals surface area contributed by atoms with Crippen molar-refractivity contribution < 1.29 is 9.13 Å². The van der Waals surface area contributed by atoms with Crippen LogP contribution in [0, 0.1) is 5.82 Å². The Labute approximate surface area is 131 Å². The first-order valence-corrected chi connectivity index (χ1v) is 7.42. The normalized spacial score (nSPS) is 12.4. The summed E-state index contributed by atoms with van der Waals surface area (Å²) >= 11 is 3.25. The molecule has 0 radical (unpaired) electrons. The number of hydrogen-bond acceptors (Lipinski definition) is 4. The number of nitrogens with two attached hydrogens (primary N) is 1. The van der Waals surface area contributed by atoms with Crippen molar-refractivity contribution in [2.75, 3.05) is 7.11 Å². The van der Waals surface area contributed by atoms with Crippen LogP contribution in [0.3, 0.4) is 0 Å². The fourth-order valence-corrected chi connectivity index (χ4v) is 2.60. The monoisotopic (exact) mass is 356 g/mol. The molecule has 0 aliphatic rings. The van der Waals surface area contributed by atoms with Crippen LogP contribution >= 0.6 is 15.9 Å². The van der Waals surface area contributed by atoms with Gasteiger partial charge in [0, 0.05) is 16.6 Å². The smallest absolute Gasteiger partial charge is 0.161 e. The molecule has 1 aromatic carbocycles. The topological polar surface area (TPSA) is 65.1 Å². The van der Waals surface area contributed by atoms with Gasteiger partial charge in [-0.05, 0) is 18.6 Å². The Morgan fingerprint density at radius 1 is 1.52 bits per heavy atom. The van der Waals surface area contributed by atoms with Gasteiger partial charge >= 0.3 is 0 Å². The van der Waals surface area contributed by atoms with E-state index < -0.39 is 6.04 Å². The summed E-state index contributed by atoms with van der Waals surface area (Å²) in [5.74, 6) is 5.90. The molecule has 2 aromatic rings. The lowest BCUT2D eigenvalue weighted by atomic mass is 10.0. The van der Waals surface area contributed by atoms with Crippen LogP contribution in [-0.4, -0.2) is 16.9 Å². The number of benzene rings is 1. The number of hydrazine groups is 1. The van der Waals surface area contributed by atoms with Crippen molar-refractivity contribution in [2.24, 2.45) is 5.84 Å². The Morgan fingerprint density at radius 3 is 2.86 bits per heavy atom. The van der Waals surface area contributed by atoms with Gasteiger partial charge in [-0.1, -0.05) is 28.9 Å². The van der Waals surface area contributed by atoms with Gasteiger partial charge in [0.05, 0.1) is 19.3 Å². The van der Waals surface area contributed by atoms with Gasteiger partial charge in [-0.25, -0.2) is 9.82 Å². The predicted octanol–water partition coefficient (Wildman–Crippen LogP) is 2.76. The zero-order valence-corrected chi connectivity index (χ0v) is 13.5. The van der Waals surface area contributed by atoms with E-state index in [0.717, 1.165) is 6.42 Å². The van der Waals surface area contributed by atoms with Crippen molar-refractivity contribution in [3.63, 3.8) is 0 Å². The number of hydrogen-bond donors (Lipinski definition) is 2. The third-order valence-corrected chi connectivity index (χ3v) is 3.71. The van der Waals surface area contributed by atoms with E-state index in [0.29, 0.717) is 28.0 Å². The second-order valence-electron chi connectivity index (χ2n) is 4.59. The van der Waals surface area contributed by atoms with E-state index in [1.807, 2.05) is 6.92 Å². The van der Waals surface area contributed by atoms with Gasteiger partial charge in [0.1, 0.15) is 11.5 Å². The second-order valence-corrected chi connectivity index (χ2v) is 5.50.